The largest absolute Gasteiger partial charge is 0.497 e. The number of aromatic nitrogens is 2. The van der Waals surface area contributed by atoms with Crippen molar-refractivity contribution in [1.29, 1.82) is 0 Å². The van der Waals surface area contributed by atoms with Gasteiger partial charge in [-0.05, 0) is 63.1 Å². The molecular weight excluding hydrogens is 409 g/mol. The first-order valence-corrected chi connectivity index (χ1v) is 10.8. The molecule has 0 fully saturated rings. The topological polar surface area (TPSA) is 56.6 Å². The second-order valence-electron chi connectivity index (χ2n) is 7.85. The third-order valence-corrected chi connectivity index (χ3v) is 5.44. The van der Waals surface area contributed by atoms with Gasteiger partial charge < -0.3 is 14.4 Å². The van der Waals surface area contributed by atoms with Crippen LogP contribution in [0.3, 0.4) is 0 Å². The molecule has 0 saturated carbocycles. The molecule has 0 spiro atoms. The van der Waals surface area contributed by atoms with Gasteiger partial charge in [0.25, 0.3) is 0 Å². The lowest BCUT2D eigenvalue weighted by molar-refractivity contribution is -0.131. The normalized spacial score (nSPS) is 11.0. The molecule has 0 atom stereocenters. The van der Waals surface area contributed by atoms with Crippen LogP contribution in [0.25, 0.3) is 5.69 Å². The standard InChI is InChI=1S/C25H30FN3O3/c1-6-23-22(14-15-24(30)28(4)17(2)3)25(32-21-9-7-8-18(26)16-21)29(27-23)19-10-12-20(31-5)13-11-19/h7-13,16-17H,6,14-15H2,1-5H3. The molecule has 0 bridgehead atoms. The predicted molar refractivity (Wildman–Crippen MR) is 122 cm³/mol. The van der Waals surface area contributed by atoms with Gasteiger partial charge >= 0.3 is 0 Å². The molecule has 1 aromatic heterocycles. The highest BCUT2D eigenvalue weighted by atomic mass is 19.1. The van der Waals surface area contributed by atoms with E-state index in [4.69, 9.17) is 14.6 Å². The smallest absolute Gasteiger partial charge is 0.226 e. The zero-order chi connectivity index (χ0) is 23.3. The zero-order valence-corrected chi connectivity index (χ0v) is 19.3. The summed E-state index contributed by atoms with van der Waals surface area (Å²) < 4.78 is 26.9. The van der Waals surface area contributed by atoms with Crippen molar-refractivity contribution in [2.75, 3.05) is 14.2 Å². The molecule has 2 aromatic carbocycles. The lowest BCUT2D eigenvalue weighted by atomic mass is 10.1. The summed E-state index contributed by atoms with van der Waals surface area (Å²) in [7, 11) is 3.42. The Labute approximate surface area is 188 Å². The third kappa shape index (κ3) is 5.28. The van der Waals surface area contributed by atoms with E-state index in [1.165, 1.54) is 12.1 Å². The maximum Gasteiger partial charge on any atom is 0.226 e. The summed E-state index contributed by atoms with van der Waals surface area (Å²) in [6, 6.07) is 13.6. The summed E-state index contributed by atoms with van der Waals surface area (Å²) in [5.74, 6) is 1.25. The number of benzene rings is 2. The van der Waals surface area contributed by atoms with Gasteiger partial charge in [-0.15, -0.1) is 0 Å². The highest BCUT2D eigenvalue weighted by Gasteiger charge is 2.22. The van der Waals surface area contributed by atoms with E-state index < -0.39 is 0 Å². The van der Waals surface area contributed by atoms with E-state index in [0.717, 1.165) is 22.7 Å². The minimum Gasteiger partial charge on any atom is -0.497 e. The second-order valence-corrected chi connectivity index (χ2v) is 7.85. The maximum absolute atomic E-state index is 13.8. The molecule has 0 saturated heterocycles. The first-order chi connectivity index (χ1) is 15.3. The summed E-state index contributed by atoms with van der Waals surface area (Å²) in [6.45, 7) is 5.98. The Bertz CT molecular complexity index is 1060. The fraction of sp³-hybridized carbons (Fsp3) is 0.360. The van der Waals surface area contributed by atoms with Gasteiger partial charge in [0.2, 0.25) is 11.8 Å². The van der Waals surface area contributed by atoms with Crippen LogP contribution in [-0.2, 0) is 17.6 Å². The van der Waals surface area contributed by atoms with E-state index in [-0.39, 0.29) is 17.8 Å². The quantitative estimate of drug-likeness (QED) is 0.461. The molecule has 3 aromatic rings. The fourth-order valence-electron chi connectivity index (χ4n) is 3.35. The molecule has 0 aliphatic rings. The van der Waals surface area contributed by atoms with Gasteiger partial charge in [-0.2, -0.15) is 5.10 Å². The zero-order valence-electron chi connectivity index (χ0n) is 19.3. The summed E-state index contributed by atoms with van der Waals surface area (Å²) in [5, 5.41) is 4.76. The summed E-state index contributed by atoms with van der Waals surface area (Å²) in [5.41, 5.74) is 2.47. The maximum atomic E-state index is 13.8. The fourth-order valence-corrected chi connectivity index (χ4v) is 3.35. The molecule has 0 unspecified atom stereocenters. The first-order valence-electron chi connectivity index (χ1n) is 10.8. The Morgan fingerprint density at radius 2 is 1.88 bits per heavy atom. The lowest BCUT2D eigenvalue weighted by Crippen LogP contribution is -2.33. The van der Waals surface area contributed by atoms with Crippen LogP contribution in [0.4, 0.5) is 4.39 Å². The monoisotopic (exact) mass is 439 g/mol. The number of hydrogen-bond donors (Lipinski definition) is 0. The second kappa shape index (κ2) is 10.3. The van der Waals surface area contributed by atoms with Crippen LogP contribution < -0.4 is 9.47 Å². The molecule has 170 valence electrons. The average molecular weight is 440 g/mol. The molecule has 0 aliphatic heterocycles. The van der Waals surface area contributed by atoms with E-state index in [9.17, 15) is 9.18 Å². The van der Waals surface area contributed by atoms with Gasteiger partial charge in [-0.25, -0.2) is 9.07 Å². The van der Waals surface area contributed by atoms with Gasteiger partial charge in [-0.3, -0.25) is 4.79 Å². The molecule has 0 N–H and O–H groups in total. The summed E-state index contributed by atoms with van der Waals surface area (Å²) >= 11 is 0. The van der Waals surface area contributed by atoms with Crippen molar-refractivity contribution in [3.8, 4) is 23.1 Å². The molecule has 3 rings (SSSR count). The summed E-state index contributed by atoms with van der Waals surface area (Å²) in [4.78, 5) is 14.3. The molecule has 32 heavy (non-hydrogen) atoms. The molecule has 0 aliphatic carbocycles. The Morgan fingerprint density at radius 3 is 2.47 bits per heavy atom. The van der Waals surface area contributed by atoms with Gasteiger partial charge in [0, 0.05) is 31.1 Å². The Kier molecular flexibility index (Phi) is 7.51. The lowest BCUT2D eigenvalue weighted by Gasteiger charge is -2.21. The van der Waals surface area contributed by atoms with Gasteiger partial charge in [0.05, 0.1) is 18.5 Å². The molecule has 1 amide bonds. The van der Waals surface area contributed by atoms with Crippen LogP contribution in [0.1, 0.15) is 38.4 Å². The Hall–Kier alpha value is -3.35. The van der Waals surface area contributed by atoms with Crippen molar-refractivity contribution < 1.29 is 18.7 Å². The molecule has 1 heterocycles. The van der Waals surface area contributed by atoms with Crippen LogP contribution in [0.2, 0.25) is 0 Å². The third-order valence-electron chi connectivity index (χ3n) is 5.44. The van der Waals surface area contributed by atoms with Crippen LogP contribution in [0.5, 0.6) is 17.4 Å². The van der Waals surface area contributed by atoms with Crippen LogP contribution >= 0.6 is 0 Å². The summed E-state index contributed by atoms with van der Waals surface area (Å²) in [6.07, 6.45) is 1.47. The van der Waals surface area contributed by atoms with Crippen molar-refractivity contribution in [1.82, 2.24) is 14.7 Å². The van der Waals surface area contributed by atoms with Crippen molar-refractivity contribution in [2.24, 2.45) is 0 Å². The van der Waals surface area contributed by atoms with E-state index >= 15 is 0 Å². The first kappa shape index (κ1) is 23.3. The SMILES string of the molecule is CCc1nn(-c2ccc(OC)cc2)c(Oc2cccc(F)c2)c1CCC(=O)N(C)C(C)C. The Morgan fingerprint density at radius 1 is 1.16 bits per heavy atom. The number of methoxy groups -OCH3 is 1. The van der Waals surface area contributed by atoms with E-state index in [2.05, 4.69) is 0 Å². The highest BCUT2D eigenvalue weighted by molar-refractivity contribution is 5.76. The molecule has 7 heteroatoms. The van der Waals surface area contributed by atoms with Crippen molar-refractivity contribution in [3.63, 3.8) is 0 Å². The number of halogens is 1. The van der Waals surface area contributed by atoms with Gasteiger partial charge in [0.1, 0.15) is 17.3 Å². The number of aryl methyl sites for hydroxylation is 1. The number of amides is 1. The number of carbonyl (C=O) groups excluding carboxylic acids is 1. The Balaban J connectivity index is 2.03. The number of nitrogens with zero attached hydrogens (tertiary/aromatic N) is 3. The highest BCUT2D eigenvalue weighted by Crippen LogP contribution is 2.33. The minimum atomic E-state index is -0.385. The van der Waals surface area contributed by atoms with Crippen molar-refractivity contribution >= 4 is 5.91 Å². The number of hydrogen-bond acceptors (Lipinski definition) is 4. The van der Waals surface area contributed by atoms with Gasteiger partial charge in [0.15, 0.2) is 0 Å². The minimum absolute atomic E-state index is 0.0518. The van der Waals surface area contributed by atoms with Crippen LogP contribution in [-0.4, -0.2) is 40.8 Å². The van der Waals surface area contributed by atoms with Crippen molar-refractivity contribution in [3.05, 3.63) is 65.6 Å². The van der Waals surface area contributed by atoms with Gasteiger partial charge in [-0.1, -0.05) is 13.0 Å². The average Bonchev–Trinajstić information content (AvgIpc) is 3.14. The molecule has 0 radical (unpaired) electrons. The molecular formula is C25H30FN3O3. The number of carbonyl (C=O) groups is 1. The number of rotatable bonds is 9. The number of ether oxygens (including phenoxy) is 2. The van der Waals surface area contributed by atoms with E-state index in [1.54, 1.807) is 35.9 Å². The predicted octanol–water partition coefficient (Wildman–Crippen LogP) is 5.17. The van der Waals surface area contributed by atoms with Crippen LogP contribution in [0, 0.1) is 5.82 Å². The molecule has 6 nitrogen and oxygen atoms in total. The van der Waals surface area contributed by atoms with E-state index in [0.29, 0.717) is 30.9 Å². The van der Waals surface area contributed by atoms with Crippen molar-refractivity contribution in [2.45, 2.75) is 46.1 Å². The van der Waals surface area contributed by atoms with E-state index in [1.807, 2.05) is 45.0 Å². The van der Waals surface area contributed by atoms with Crippen LogP contribution in [0.15, 0.2) is 48.5 Å².